The molecular formula is C11H13F3N2OS2. The molecular weight excluding hydrogens is 297 g/mol. The molecule has 19 heavy (non-hydrogen) atoms. The van der Waals surface area contributed by atoms with Gasteiger partial charge in [-0.3, -0.25) is 0 Å². The van der Waals surface area contributed by atoms with Crippen LogP contribution in [-0.2, 0) is 4.84 Å². The second-order valence-electron chi connectivity index (χ2n) is 3.35. The predicted molar refractivity (Wildman–Crippen MR) is 71.8 cm³/mol. The van der Waals surface area contributed by atoms with Gasteiger partial charge in [0.05, 0.1) is 16.8 Å². The molecule has 106 valence electrons. The Morgan fingerprint density at radius 3 is 2.84 bits per heavy atom. The summed E-state index contributed by atoms with van der Waals surface area (Å²) in [4.78, 5) is 9.92. The summed E-state index contributed by atoms with van der Waals surface area (Å²) in [6.07, 6.45) is -0.989. The molecule has 8 heteroatoms. The van der Waals surface area contributed by atoms with E-state index in [1.165, 1.54) is 23.1 Å². The lowest BCUT2D eigenvalue weighted by Gasteiger charge is -1.94. The molecule has 0 atom stereocenters. The molecule has 1 heterocycles. The van der Waals surface area contributed by atoms with Gasteiger partial charge in [-0.2, -0.15) is 8.78 Å². The molecule has 0 radical (unpaired) electrons. The summed E-state index contributed by atoms with van der Waals surface area (Å²) in [5.41, 5.74) is 0.781. The van der Waals surface area contributed by atoms with Crippen LogP contribution in [0.1, 0.15) is 23.9 Å². The molecule has 0 N–H and O–H groups in total. The average molecular weight is 310 g/mol. The third-order valence-electron chi connectivity index (χ3n) is 1.94. The maximum atomic E-state index is 12.6. The molecule has 0 aliphatic carbocycles. The molecule has 1 aromatic heterocycles. The zero-order valence-corrected chi connectivity index (χ0v) is 12.1. The van der Waals surface area contributed by atoms with Crippen molar-refractivity contribution in [3.8, 4) is 0 Å². The van der Waals surface area contributed by atoms with Gasteiger partial charge in [0.2, 0.25) is 0 Å². The first-order chi connectivity index (χ1) is 9.04. The summed E-state index contributed by atoms with van der Waals surface area (Å²) in [5, 5.41) is 3.74. The molecule has 0 unspecified atom stereocenters. The molecule has 0 fully saturated rings. The normalized spacial score (nSPS) is 11.0. The smallest absolute Gasteiger partial charge is 0.301 e. The van der Waals surface area contributed by atoms with Crippen molar-refractivity contribution in [2.24, 2.45) is 5.16 Å². The Kier molecular flexibility index (Phi) is 6.93. The van der Waals surface area contributed by atoms with Gasteiger partial charge in [0, 0.05) is 12.2 Å². The summed E-state index contributed by atoms with van der Waals surface area (Å²) in [7, 11) is 0. The first-order valence-electron chi connectivity index (χ1n) is 5.49. The van der Waals surface area contributed by atoms with Gasteiger partial charge in [-0.15, -0.1) is 11.3 Å². The van der Waals surface area contributed by atoms with E-state index >= 15 is 0 Å². The average Bonchev–Trinajstić information content (AvgIpc) is 2.70. The monoisotopic (exact) mass is 310 g/mol. The van der Waals surface area contributed by atoms with E-state index in [4.69, 9.17) is 4.84 Å². The first-order valence-corrected chi connectivity index (χ1v) is 7.30. The standard InChI is InChI=1S/C11H13F3N2OS2/c1-3-17-15-6-9-7(2)16-11(19-9)18-5-4-8(12)10(13)14/h6H,3-5H2,1-2H3. The van der Waals surface area contributed by atoms with E-state index in [0.717, 1.165) is 10.6 Å². The van der Waals surface area contributed by atoms with Crippen LogP contribution in [0.3, 0.4) is 0 Å². The summed E-state index contributed by atoms with van der Waals surface area (Å²) in [6, 6.07) is 0. The number of thioether (sulfide) groups is 1. The summed E-state index contributed by atoms with van der Waals surface area (Å²) < 4.78 is 37.0. The van der Waals surface area contributed by atoms with Crippen LogP contribution in [0.5, 0.6) is 0 Å². The number of allylic oxidation sites excluding steroid dienone is 1. The third kappa shape index (κ3) is 5.65. The lowest BCUT2D eigenvalue weighted by molar-refractivity contribution is 0.160. The van der Waals surface area contributed by atoms with Gasteiger partial charge in [0.1, 0.15) is 6.61 Å². The van der Waals surface area contributed by atoms with Crippen LogP contribution >= 0.6 is 23.1 Å². The van der Waals surface area contributed by atoms with E-state index in [1.807, 2.05) is 13.8 Å². The zero-order chi connectivity index (χ0) is 14.3. The van der Waals surface area contributed by atoms with Gasteiger partial charge in [0.15, 0.2) is 10.2 Å². The van der Waals surface area contributed by atoms with Crippen LogP contribution in [0.2, 0.25) is 0 Å². The molecule has 0 aromatic carbocycles. The second kappa shape index (κ2) is 8.21. The number of oxime groups is 1. The van der Waals surface area contributed by atoms with Crippen molar-refractivity contribution < 1.29 is 18.0 Å². The Morgan fingerprint density at radius 1 is 1.47 bits per heavy atom. The fraction of sp³-hybridized carbons (Fsp3) is 0.455. The van der Waals surface area contributed by atoms with E-state index in [-0.39, 0.29) is 12.2 Å². The van der Waals surface area contributed by atoms with Crippen LogP contribution in [0.15, 0.2) is 21.4 Å². The Bertz CT molecular complexity index is 471. The number of rotatable bonds is 7. The van der Waals surface area contributed by atoms with Crippen molar-refractivity contribution in [3.63, 3.8) is 0 Å². The molecule has 0 saturated heterocycles. The molecule has 0 aliphatic rings. The number of aromatic nitrogens is 1. The minimum Gasteiger partial charge on any atom is -0.396 e. The van der Waals surface area contributed by atoms with Crippen molar-refractivity contribution in [1.82, 2.24) is 4.98 Å². The third-order valence-corrected chi connectivity index (χ3v) is 4.18. The van der Waals surface area contributed by atoms with E-state index in [2.05, 4.69) is 10.1 Å². The van der Waals surface area contributed by atoms with Gasteiger partial charge < -0.3 is 4.84 Å². The SMILES string of the molecule is CCON=Cc1sc(SCCC(F)=C(F)F)nc1C. The van der Waals surface area contributed by atoms with E-state index in [1.54, 1.807) is 6.21 Å². The lowest BCUT2D eigenvalue weighted by Crippen LogP contribution is -1.84. The predicted octanol–water partition coefficient (Wildman–Crippen LogP) is 4.38. The summed E-state index contributed by atoms with van der Waals surface area (Å²) in [5.74, 6) is -1.14. The largest absolute Gasteiger partial charge is 0.396 e. The molecule has 0 spiro atoms. The van der Waals surface area contributed by atoms with Crippen molar-refractivity contribution in [1.29, 1.82) is 0 Å². The second-order valence-corrected chi connectivity index (χ2v) is 5.72. The van der Waals surface area contributed by atoms with Crippen LogP contribution in [0, 0.1) is 6.92 Å². The zero-order valence-electron chi connectivity index (χ0n) is 10.5. The maximum absolute atomic E-state index is 12.6. The van der Waals surface area contributed by atoms with Crippen LogP contribution in [0.4, 0.5) is 13.2 Å². The molecule has 1 rings (SSSR count). The van der Waals surface area contributed by atoms with Gasteiger partial charge >= 0.3 is 6.08 Å². The number of aryl methyl sites for hydroxylation is 1. The van der Waals surface area contributed by atoms with Crippen LogP contribution < -0.4 is 0 Å². The Labute approximate surface area is 117 Å². The minimum atomic E-state index is -2.25. The fourth-order valence-electron chi connectivity index (χ4n) is 1.05. The number of hydrogen-bond donors (Lipinski definition) is 0. The maximum Gasteiger partial charge on any atom is 0.301 e. The summed E-state index contributed by atoms with van der Waals surface area (Å²) >= 11 is 2.60. The van der Waals surface area contributed by atoms with Gasteiger partial charge in [0.25, 0.3) is 0 Å². The highest BCUT2D eigenvalue weighted by molar-refractivity contribution is 8.01. The van der Waals surface area contributed by atoms with Crippen molar-refractivity contribution in [2.45, 2.75) is 24.6 Å². The molecule has 0 amide bonds. The first kappa shape index (κ1) is 16.0. The number of halogens is 3. The van der Waals surface area contributed by atoms with Crippen LogP contribution in [0.25, 0.3) is 0 Å². The molecule has 0 aliphatic heterocycles. The highest BCUT2D eigenvalue weighted by Crippen LogP contribution is 2.28. The minimum absolute atomic E-state index is 0.220. The highest BCUT2D eigenvalue weighted by atomic mass is 32.2. The summed E-state index contributed by atoms with van der Waals surface area (Å²) in [6.45, 7) is 4.12. The molecule has 1 aromatic rings. The number of thiazole rings is 1. The van der Waals surface area contributed by atoms with Crippen LogP contribution in [-0.4, -0.2) is 23.6 Å². The Balaban J connectivity index is 2.52. The highest BCUT2D eigenvalue weighted by Gasteiger charge is 2.09. The molecule has 0 bridgehead atoms. The molecule has 3 nitrogen and oxygen atoms in total. The number of hydrogen-bond acceptors (Lipinski definition) is 5. The van der Waals surface area contributed by atoms with Gasteiger partial charge in [-0.25, -0.2) is 9.37 Å². The number of nitrogens with zero attached hydrogens (tertiary/aromatic N) is 2. The van der Waals surface area contributed by atoms with Gasteiger partial charge in [-0.05, 0) is 13.8 Å². The topological polar surface area (TPSA) is 34.5 Å². The van der Waals surface area contributed by atoms with Crippen molar-refractivity contribution >= 4 is 29.3 Å². The van der Waals surface area contributed by atoms with E-state index < -0.39 is 11.9 Å². The van der Waals surface area contributed by atoms with E-state index in [0.29, 0.717) is 10.9 Å². The molecule has 0 saturated carbocycles. The van der Waals surface area contributed by atoms with Crippen molar-refractivity contribution in [2.75, 3.05) is 12.4 Å². The van der Waals surface area contributed by atoms with Crippen molar-refractivity contribution in [3.05, 3.63) is 22.5 Å². The fourth-order valence-corrected chi connectivity index (χ4v) is 3.12. The Morgan fingerprint density at radius 2 is 2.21 bits per heavy atom. The Hall–Kier alpha value is -1.02. The quantitative estimate of drug-likeness (QED) is 0.426. The van der Waals surface area contributed by atoms with Gasteiger partial charge in [-0.1, -0.05) is 16.9 Å². The van der Waals surface area contributed by atoms with E-state index in [9.17, 15) is 13.2 Å². The lowest BCUT2D eigenvalue weighted by atomic mass is 10.4.